The van der Waals surface area contributed by atoms with E-state index in [0.717, 1.165) is 24.2 Å². The monoisotopic (exact) mass is 341 g/mol. The van der Waals surface area contributed by atoms with Crippen molar-refractivity contribution in [3.05, 3.63) is 24.3 Å². The molecule has 1 atom stereocenters. The molecule has 0 saturated heterocycles. The van der Waals surface area contributed by atoms with Crippen LogP contribution in [-0.2, 0) is 11.3 Å². The molecule has 1 heterocycles. The summed E-state index contributed by atoms with van der Waals surface area (Å²) in [6, 6.07) is 8.23. The van der Waals surface area contributed by atoms with Crippen LogP contribution in [0.15, 0.2) is 24.3 Å². The first kappa shape index (κ1) is 16.1. The van der Waals surface area contributed by atoms with Crippen LogP contribution in [0.5, 0.6) is 5.75 Å². The lowest BCUT2D eigenvalue weighted by Gasteiger charge is -2.29. The highest BCUT2D eigenvalue weighted by atomic mass is 16.5. The number of hydrogen-bond donors (Lipinski definition) is 0. The minimum absolute atomic E-state index is 0.0940. The van der Waals surface area contributed by atoms with E-state index in [1.165, 1.54) is 17.6 Å². The molecule has 0 aliphatic heterocycles. The first-order valence-corrected chi connectivity index (χ1v) is 8.89. The van der Waals surface area contributed by atoms with E-state index in [9.17, 15) is 4.79 Å². The zero-order valence-corrected chi connectivity index (χ0v) is 14.6. The summed E-state index contributed by atoms with van der Waals surface area (Å²) in [5.41, 5.74) is 0.823. The Hall–Kier alpha value is -2.44. The third kappa shape index (κ3) is 3.50. The third-order valence-corrected chi connectivity index (χ3v) is 5.03. The van der Waals surface area contributed by atoms with E-state index >= 15 is 0 Å². The summed E-state index contributed by atoms with van der Waals surface area (Å²) in [5, 5.41) is 12.5. The fourth-order valence-corrected chi connectivity index (χ4v) is 3.31. The highest BCUT2D eigenvalue weighted by Gasteiger charge is 2.41. The van der Waals surface area contributed by atoms with Gasteiger partial charge in [-0.2, -0.15) is 4.80 Å². The van der Waals surface area contributed by atoms with Gasteiger partial charge in [-0.3, -0.25) is 4.79 Å². The van der Waals surface area contributed by atoms with Crippen LogP contribution in [0.4, 0.5) is 0 Å². The fourth-order valence-electron chi connectivity index (χ4n) is 3.31. The van der Waals surface area contributed by atoms with Crippen LogP contribution in [-0.4, -0.2) is 50.2 Å². The zero-order chi connectivity index (χ0) is 17.4. The lowest BCUT2D eigenvalue weighted by atomic mass is 10.1. The Labute approximate surface area is 147 Å². The predicted molar refractivity (Wildman–Crippen MR) is 91.9 cm³/mol. The standard InChI is InChI=1S/C18H23N5O2/c1-12(13-6-7-13)23(15-8-9-15)17(24)11-22-20-18(19-21-22)14-4-3-5-16(10-14)25-2/h3-5,10,12-13,15H,6-9,11H2,1-2H3. The van der Waals surface area contributed by atoms with Gasteiger partial charge >= 0.3 is 0 Å². The number of tetrazole rings is 1. The van der Waals surface area contributed by atoms with Gasteiger partial charge in [-0.15, -0.1) is 10.2 Å². The second-order valence-corrected chi connectivity index (χ2v) is 6.99. The number of benzene rings is 1. The molecule has 2 aromatic rings. The normalized spacial score (nSPS) is 18.0. The first-order chi connectivity index (χ1) is 12.2. The molecule has 1 amide bonds. The Morgan fingerprint density at radius 1 is 1.36 bits per heavy atom. The molecule has 2 saturated carbocycles. The van der Waals surface area contributed by atoms with Crippen molar-refractivity contribution in [3.63, 3.8) is 0 Å². The molecule has 4 rings (SSSR count). The molecule has 2 aliphatic carbocycles. The summed E-state index contributed by atoms with van der Waals surface area (Å²) in [7, 11) is 1.62. The largest absolute Gasteiger partial charge is 0.497 e. The summed E-state index contributed by atoms with van der Waals surface area (Å²) >= 11 is 0. The van der Waals surface area contributed by atoms with Crippen molar-refractivity contribution in [2.24, 2.45) is 5.92 Å². The predicted octanol–water partition coefficient (Wildman–Crippen LogP) is 2.14. The molecule has 1 aromatic carbocycles. The van der Waals surface area contributed by atoms with Crippen molar-refractivity contribution in [1.29, 1.82) is 0 Å². The number of hydrogen-bond acceptors (Lipinski definition) is 5. The second-order valence-electron chi connectivity index (χ2n) is 6.99. The molecule has 132 valence electrons. The Morgan fingerprint density at radius 2 is 2.16 bits per heavy atom. The third-order valence-electron chi connectivity index (χ3n) is 5.03. The van der Waals surface area contributed by atoms with Gasteiger partial charge in [0.05, 0.1) is 7.11 Å². The maximum absolute atomic E-state index is 12.8. The van der Waals surface area contributed by atoms with Gasteiger partial charge in [-0.25, -0.2) is 0 Å². The number of carbonyl (C=O) groups excluding carboxylic acids is 1. The summed E-state index contributed by atoms with van der Waals surface area (Å²) in [6.07, 6.45) is 4.70. The first-order valence-electron chi connectivity index (χ1n) is 8.89. The van der Waals surface area contributed by atoms with Gasteiger partial charge in [-0.1, -0.05) is 12.1 Å². The molecule has 2 aliphatic rings. The molecule has 1 aromatic heterocycles. The minimum atomic E-state index is 0.0940. The minimum Gasteiger partial charge on any atom is -0.497 e. The molecule has 1 unspecified atom stereocenters. The van der Waals surface area contributed by atoms with E-state index < -0.39 is 0 Å². The Bertz CT molecular complexity index is 766. The molecule has 0 spiro atoms. The number of amides is 1. The lowest BCUT2D eigenvalue weighted by molar-refractivity contribution is -0.135. The van der Waals surface area contributed by atoms with Crippen molar-refractivity contribution in [1.82, 2.24) is 25.1 Å². The Morgan fingerprint density at radius 3 is 2.84 bits per heavy atom. The number of methoxy groups -OCH3 is 1. The van der Waals surface area contributed by atoms with Crippen LogP contribution in [0.2, 0.25) is 0 Å². The van der Waals surface area contributed by atoms with E-state index in [-0.39, 0.29) is 12.5 Å². The molecule has 0 bridgehead atoms. The molecule has 0 radical (unpaired) electrons. The molecular weight excluding hydrogens is 318 g/mol. The maximum Gasteiger partial charge on any atom is 0.246 e. The van der Waals surface area contributed by atoms with Gasteiger partial charge in [0, 0.05) is 17.6 Å². The molecule has 7 nitrogen and oxygen atoms in total. The maximum atomic E-state index is 12.8. The van der Waals surface area contributed by atoms with E-state index in [1.54, 1.807) is 7.11 Å². The Kier molecular flexibility index (Phi) is 4.15. The number of aromatic nitrogens is 4. The topological polar surface area (TPSA) is 73.1 Å². The smallest absolute Gasteiger partial charge is 0.246 e. The van der Waals surface area contributed by atoms with E-state index in [2.05, 4.69) is 27.2 Å². The number of rotatable bonds is 7. The molecule has 2 fully saturated rings. The van der Waals surface area contributed by atoms with Gasteiger partial charge in [-0.05, 0) is 55.9 Å². The van der Waals surface area contributed by atoms with Gasteiger partial charge in [0.1, 0.15) is 12.3 Å². The summed E-state index contributed by atoms with van der Waals surface area (Å²) in [4.78, 5) is 16.2. The van der Waals surface area contributed by atoms with Crippen molar-refractivity contribution in [2.75, 3.05) is 7.11 Å². The SMILES string of the molecule is COc1cccc(-c2nnn(CC(=O)N(C3CC3)C(C)C3CC3)n2)c1. The average Bonchev–Trinajstić information content (AvgIpc) is 3.54. The van der Waals surface area contributed by atoms with Crippen molar-refractivity contribution in [2.45, 2.75) is 51.2 Å². The Balaban J connectivity index is 1.47. The lowest BCUT2D eigenvalue weighted by Crippen LogP contribution is -2.43. The van der Waals surface area contributed by atoms with Gasteiger partial charge in [0.15, 0.2) is 0 Å². The van der Waals surface area contributed by atoms with Crippen molar-refractivity contribution >= 4 is 5.91 Å². The number of carbonyl (C=O) groups is 1. The number of nitrogens with zero attached hydrogens (tertiary/aromatic N) is 5. The summed E-state index contributed by atoms with van der Waals surface area (Å²) in [5.74, 6) is 2.00. The van der Waals surface area contributed by atoms with Crippen LogP contribution in [0.3, 0.4) is 0 Å². The highest BCUT2D eigenvalue weighted by molar-refractivity contribution is 5.77. The van der Waals surface area contributed by atoms with Crippen LogP contribution in [0.25, 0.3) is 11.4 Å². The molecule has 25 heavy (non-hydrogen) atoms. The summed E-state index contributed by atoms with van der Waals surface area (Å²) < 4.78 is 5.22. The van der Waals surface area contributed by atoms with Gasteiger partial charge < -0.3 is 9.64 Å². The molecule has 7 heteroatoms. The summed E-state index contributed by atoms with van der Waals surface area (Å²) in [6.45, 7) is 2.31. The van der Waals surface area contributed by atoms with Crippen LogP contribution < -0.4 is 4.74 Å². The number of ether oxygens (including phenoxy) is 1. The average molecular weight is 341 g/mol. The van der Waals surface area contributed by atoms with Gasteiger partial charge in [0.25, 0.3) is 0 Å². The van der Waals surface area contributed by atoms with E-state index in [0.29, 0.717) is 23.8 Å². The van der Waals surface area contributed by atoms with E-state index in [4.69, 9.17) is 4.74 Å². The molecular formula is C18H23N5O2. The second kappa shape index (κ2) is 6.46. The van der Waals surface area contributed by atoms with Crippen molar-refractivity contribution < 1.29 is 9.53 Å². The fraction of sp³-hybridized carbons (Fsp3) is 0.556. The van der Waals surface area contributed by atoms with Crippen LogP contribution in [0.1, 0.15) is 32.6 Å². The van der Waals surface area contributed by atoms with Crippen molar-refractivity contribution in [3.8, 4) is 17.1 Å². The zero-order valence-electron chi connectivity index (χ0n) is 14.6. The molecule has 0 N–H and O–H groups in total. The van der Waals surface area contributed by atoms with Crippen LogP contribution >= 0.6 is 0 Å². The highest BCUT2D eigenvalue weighted by Crippen LogP contribution is 2.39. The quantitative estimate of drug-likeness (QED) is 0.771. The van der Waals surface area contributed by atoms with E-state index in [1.807, 2.05) is 24.3 Å². The van der Waals surface area contributed by atoms with Crippen LogP contribution in [0, 0.1) is 5.92 Å². The van der Waals surface area contributed by atoms with Gasteiger partial charge in [0.2, 0.25) is 11.7 Å².